The largest absolute Gasteiger partial charge is 0.333 e. The third-order valence-corrected chi connectivity index (χ3v) is 4.36. The number of nitrogens with two attached hydrogens (primary N) is 1. The highest BCUT2D eigenvalue weighted by Gasteiger charge is 2.13. The normalized spacial score (nSPS) is 11.7. The zero-order chi connectivity index (χ0) is 13.9. The minimum absolute atomic E-state index is 0.0743. The lowest BCUT2D eigenvalue weighted by Gasteiger charge is -2.04. The summed E-state index contributed by atoms with van der Waals surface area (Å²) in [6.45, 7) is 2.45. The van der Waals surface area contributed by atoms with Gasteiger partial charge in [0.25, 0.3) is 10.0 Å². The zero-order valence-corrected chi connectivity index (χ0v) is 12.1. The minimum atomic E-state index is -3.72. The number of primary sulfonamides is 1. The third-order valence-electron chi connectivity index (χ3n) is 2.59. The molecule has 2 aromatic rings. The molecule has 0 amide bonds. The lowest BCUT2D eigenvalue weighted by Crippen LogP contribution is -2.12. The molecule has 0 radical (unpaired) electrons. The fourth-order valence-electron chi connectivity index (χ4n) is 1.62. The summed E-state index contributed by atoms with van der Waals surface area (Å²) in [6, 6.07) is 10.0. The van der Waals surface area contributed by atoms with Crippen molar-refractivity contribution in [3.63, 3.8) is 0 Å². The van der Waals surface area contributed by atoms with Gasteiger partial charge < -0.3 is 4.57 Å². The molecule has 0 saturated carbocycles. The van der Waals surface area contributed by atoms with Gasteiger partial charge in [0.15, 0.2) is 5.03 Å². The molecule has 0 atom stereocenters. The van der Waals surface area contributed by atoms with E-state index in [4.69, 9.17) is 5.14 Å². The lowest BCUT2D eigenvalue weighted by molar-refractivity contribution is 0.594. The number of aryl methyl sites for hydroxylation is 2. The van der Waals surface area contributed by atoms with Crippen molar-refractivity contribution in [3.8, 4) is 0 Å². The van der Waals surface area contributed by atoms with Crippen molar-refractivity contribution in [1.82, 2.24) is 9.55 Å². The van der Waals surface area contributed by atoms with Crippen molar-refractivity contribution in [1.29, 1.82) is 0 Å². The minimum Gasteiger partial charge on any atom is -0.333 e. The Morgan fingerprint density at radius 3 is 2.58 bits per heavy atom. The Bertz CT molecular complexity index is 651. The fraction of sp³-hybridized carbons (Fsp3) is 0.250. The number of nitrogens with zero attached hydrogens (tertiary/aromatic N) is 2. The smallest absolute Gasteiger partial charge is 0.257 e. The summed E-state index contributed by atoms with van der Waals surface area (Å²) >= 11 is 1.71. The first-order chi connectivity index (χ1) is 8.97. The van der Waals surface area contributed by atoms with Crippen LogP contribution in [0.3, 0.4) is 0 Å². The topological polar surface area (TPSA) is 78.0 Å². The number of benzene rings is 1. The molecule has 102 valence electrons. The molecule has 7 heteroatoms. The molecular formula is C12H15N3O2S2. The Labute approximate surface area is 116 Å². The Balaban J connectivity index is 1.99. The van der Waals surface area contributed by atoms with E-state index in [-0.39, 0.29) is 5.03 Å². The maximum Gasteiger partial charge on any atom is 0.257 e. The maximum atomic E-state index is 11.2. The van der Waals surface area contributed by atoms with Crippen molar-refractivity contribution in [3.05, 3.63) is 42.4 Å². The molecule has 0 spiro atoms. The molecule has 0 aliphatic heterocycles. The van der Waals surface area contributed by atoms with E-state index in [1.165, 1.54) is 11.1 Å². The first-order valence-corrected chi connectivity index (χ1v) is 8.24. The van der Waals surface area contributed by atoms with Crippen molar-refractivity contribution in [2.24, 2.45) is 5.14 Å². The molecule has 19 heavy (non-hydrogen) atoms. The maximum absolute atomic E-state index is 11.2. The highest BCUT2D eigenvalue weighted by Crippen LogP contribution is 2.17. The first kappa shape index (κ1) is 14.1. The van der Waals surface area contributed by atoms with Gasteiger partial charge in [0.05, 0.1) is 0 Å². The van der Waals surface area contributed by atoms with Gasteiger partial charge in [0.2, 0.25) is 0 Å². The van der Waals surface area contributed by atoms with Crippen LogP contribution in [0.5, 0.6) is 0 Å². The van der Waals surface area contributed by atoms with Gasteiger partial charge in [0.1, 0.15) is 5.82 Å². The summed E-state index contributed by atoms with van der Waals surface area (Å²) in [7, 11) is -3.72. The quantitative estimate of drug-likeness (QED) is 0.851. The van der Waals surface area contributed by atoms with E-state index in [9.17, 15) is 8.42 Å². The third kappa shape index (κ3) is 3.82. The highest BCUT2D eigenvalue weighted by molar-refractivity contribution is 7.99. The second-order valence-electron chi connectivity index (χ2n) is 4.03. The second-order valence-corrected chi connectivity index (χ2v) is 6.70. The van der Waals surface area contributed by atoms with Crippen LogP contribution in [-0.4, -0.2) is 23.7 Å². The van der Waals surface area contributed by atoms with Gasteiger partial charge in [-0.2, -0.15) is 0 Å². The number of thioether (sulfide) groups is 1. The number of hydrogen-bond donors (Lipinski definition) is 1. The molecule has 5 nitrogen and oxygen atoms in total. The van der Waals surface area contributed by atoms with Crippen LogP contribution in [0.2, 0.25) is 0 Å². The number of rotatable bonds is 5. The molecule has 0 bridgehead atoms. The SMILES string of the molecule is Cc1nc(S(N)(=O)=O)cn1CCSc1ccccc1. The predicted octanol–water partition coefficient (Wildman–Crippen LogP) is 1.63. The summed E-state index contributed by atoms with van der Waals surface area (Å²) in [5.41, 5.74) is 0. The van der Waals surface area contributed by atoms with Crippen LogP contribution in [-0.2, 0) is 16.6 Å². The van der Waals surface area contributed by atoms with Crippen LogP contribution >= 0.6 is 11.8 Å². The van der Waals surface area contributed by atoms with Crippen LogP contribution in [0.25, 0.3) is 0 Å². The average Bonchev–Trinajstić information content (AvgIpc) is 2.72. The van der Waals surface area contributed by atoms with Crippen molar-refractivity contribution >= 4 is 21.8 Å². The molecule has 0 aliphatic rings. The summed E-state index contributed by atoms with van der Waals surface area (Å²) in [4.78, 5) is 5.14. The molecule has 0 saturated heterocycles. The van der Waals surface area contributed by atoms with Gasteiger partial charge in [-0.25, -0.2) is 18.5 Å². The van der Waals surface area contributed by atoms with Gasteiger partial charge in [0, 0.05) is 23.4 Å². The van der Waals surface area contributed by atoms with Gasteiger partial charge in [-0.3, -0.25) is 0 Å². The van der Waals surface area contributed by atoms with Gasteiger partial charge in [-0.1, -0.05) is 18.2 Å². The Morgan fingerprint density at radius 1 is 1.32 bits per heavy atom. The van der Waals surface area contributed by atoms with Crippen LogP contribution in [0, 0.1) is 6.92 Å². The first-order valence-electron chi connectivity index (χ1n) is 5.71. The molecule has 0 fully saturated rings. The standard InChI is InChI=1S/C12H15N3O2S2/c1-10-14-12(19(13,16)17)9-15(10)7-8-18-11-5-3-2-4-6-11/h2-6,9H,7-8H2,1H3,(H2,13,16,17). The second kappa shape index (κ2) is 5.77. The van der Waals surface area contributed by atoms with Crippen LogP contribution < -0.4 is 5.14 Å². The Morgan fingerprint density at radius 2 is 2.00 bits per heavy atom. The molecule has 0 aliphatic carbocycles. The molecular weight excluding hydrogens is 282 g/mol. The van der Waals surface area contributed by atoms with Gasteiger partial charge in [-0.15, -0.1) is 11.8 Å². The van der Waals surface area contributed by atoms with Crippen LogP contribution in [0.4, 0.5) is 0 Å². The molecule has 1 heterocycles. The number of aromatic nitrogens is 2. The molecule has 1 aromatic heterocycles. The highest BCUT2D eigenvalue weighted by atomic mass is 32.2. The summed E-state index contributed by atoms with van der Waals surface area (Å²) in [6.07, 6.45) is 1.48. The van der Waals surface area contributed by atoms with Crippen molar-refractivity contribution < 1.29 is 8.42 Å². The average molecular weight is 297 g/mol. The summed E-state index contributed by atoms with van der Waals surface area (Å²) in [5, 5.41) is 4.98. The molecule has 2 N–H and O–H groups in total. The number of sulfonamides is 1. The van der Waals surface area contributed by atoms with E-state index in [0.717, 1.165) is 5.75 Å². The van der Waals surface area contributed by atoms with Crippen molar-refractivity contribution in [2.45, 2.75) is 23.4 Å². The lowest BCUT2D eigenvalue weighted by atomic mass is 10.4. The van der Waals surface area contributed by atoms with E-state index in [2.05, 4.69) is 4.98 Å². The van der Waals surface area contributed by atoms with Gasteiger partial charge >= 0.3 is 0 Å². The van der Waals surface area contributed by atoms with E-state index < -0.39 is 10.0 Å². The monoisotopic (exact) mass is 297 g/mol. The van der Waals surface area contributed by atoms with E-state index in [0.29, 0.717) is 12.4 Å². The molecule has 0 unspecified atom stereocenters. The number of hydrogen-bond acceptors (Lipinski definition) is 4. The van der Waals surface area contributed by atoms with Crippen molar-refractivity contribution in [2.75, 3.05) is 5.75 Å². The van der Waals surface area contributed by atoms with Crippen LogP contribution in [0.1, 0.15) is 5.82 Å². The summed E-state index contributed by atoms with van der Waals surface area (Å²) < 4.78 is 24.2. The number of imidazole rings is 1. The summed E-state index contributed by atoms with van der Waals surface area (Å²) in [5.74, 6) is 1.49. The zero-order valence-electron chi connectivity index (χ0n) is 10.5. The predicted molar refractivity (Wildman–Crippen MR) is 75.5 cm³/mol. The van der Waals surface area contributed by atoms with Gasteiger partial charge in [-0.05, 0) is 19.1 Å². The van der Waals surface area contributed by atoms with E-state index in [1.54, 1.807) is 23.3 Å². The fourth-order valence-corrected chi connectivity index (χ4v) is 3.03. The van der Waals surface area contributed by atoms with E-state index >= 15 is 0 Å². The molecule has 2 rings (SSSR count). The Hall–Kier alpha value is -1.31. The molecule has 1 aromatic carbocycles. The Kier molecular flexibility index (Phi) is 4.28. The van der Waals surface area contributed by atoms with Crippen LogP contribution in [0.15, 0.2) is 46.5 Å². The van der Waals surface area contributed by atoms with E-state index in [1.807, 2.05) is 30.3 Å².